The quantitative estimate of drug-likeness (QED) is 0.891. The summed E-state index contributed by atoms with van der Waals surface area (Å²) in [5.74, 6) is -0.956. The standard InChI is InChI=1S/C17H26F2N2/c1-4-15-11-21(17(5-2,6-3)12-20-15)10-13-7-8-14(18)9-16(13)19/h7-9,15,20H,4-6,10-12H2,1-3H3. The maximum absolute atomic E-state index is 14.0. The van der Waals surface area contributed by atoms with Gasteiger partial charge in [-0.25, -0.2) is 8.78 Å². The minimum Gasteiger partial charge on any atom is -0.311 e. The van der Waals surface area contributed by atoms with Crippen molar-refractivity contribution in [2.24, 2.45) is 0 Å². The number of hydrogen-bond donors (Lipinski definition) is 1. The molecule has 1 aliphatic heterocycles. The number of nitrogens with zero attached hydrogens (tertiary/aromatic N) is 1. The third-order valence-electron chi connectivity index (χ3n) is 5.02. The van der Waals surface area contributed by atoms with Crippen LogP contribution in [0.3, 0.4) is 0 Å². The molecule has 1 unspecified atom stereocenters. The van der Waals surface area contributed by atoms with E-state index in [2.05, 4.69) is 31.0 Å². The Bertz CT molecular complexity index is 472. The lowest BCUT2D eigenvalue weighted by molar-refractivity contribution is 0.0230. The SMILES string of the molecule is CCC1CN(Cc2ccc(F)cc2F)C(CC)(CC)CN1. The third kappa shape index (κ3) is 3.43. The van der Waals surface area contributed by atoms with Gasteiger partial charge in [0.1, 0.15) is 11.6 Å². The minimum absolute atomic E-state index is 0.0620. The van der Waals surface area contributed by atoms with Crippen LogP contribution in [0.15, 0.2) is 18.2 Å². The number of rotatable bonds is 5. The third-order valence-corrected chi connectivity index (χ3v) is 5.02. The van der Waals surface area contributed by atoms with Gasteiger partial charge >= 0.3 is 0 Å². The molecular formula is C17H26F2N2. The summed E-state index contributed by atoms with van der Waals surface area (Å²) < 4.78 is 27.0. The van der Waals surface area contributed by atoms with Gasteiger partial charge in [-0.05, 0) is 25.3 Å². The van der Waals surface area contributed by atoms with Crippen molar-refractivity contribution in [2.75, 3.05) is 13.1 Å². The maximum atomic E-state index is 14.0. The van der Waals surface area contributed by atoms with Crippen LogP contribution in [-0.2, 0) is 6.54 Å². The fraction of sp³-hybridized carbons (Fsp3) is 0.647. The van der Waals surface area contributed by atoms with Crippen molar-refractivity contribution < 1.29 is 8.78 Å². The van der Waals surface area contributed by atoms with Crippen molar-refractivity contribution in [3.05, 3.63) is 35.4 Å². The van der Waals surface area contributed by atoms with E-state index in [0.29, 0.717) is 18.2 Å². The highest BCUT2D eigenvalue weighted by molar-refractivity contribution is 5.19. The average Bonchev–Trinajstić information content (AvgIpc) is 2.50. The lowest BCUT2D eigenvalue weighted by Crippen LogP contribution is -2.63. The molecule has 1 heterocycles. The first-order valence-corrected chi connectivity index (χ1v) is 7.97. The van der Waals surface area contributed by atoms with Gasteiger partial charge in [0.15, 0.2) is 0 Å². The van der Waals surface area contributed by atoms with Gasteiger partial charge < -0.3 is 5.32 Å². The zero-order valence-corrected chi connectivity index (χ0v) is 13.3. The Hall–Kier alpha value is -1.00. The van der Waals surface area contributed by atoms with E-state index >= 15 is 0 Å². The van der Waals surface area contributed by atoms with Crippen molar-refractivity contribution in [2.45, 2.75) is 58.2 Å². The Morgan fingerprint density at radius 1 is 1.24 bits per heavy atom. The monoisotopic (exact) mass is 296 g/mol. The molecule has 1 fully saturated rings. The second kappa shape index (κ2) is 6.84. The summed E-state index contributed by atoms with van der Waals surface area (Å²) >= 11 is 0. The molecule has 1 aromatic rings. The molecule has 0 bridgehead atoms. The molecule has 0 spiro atoms. The highest BCUT2D eigenvalue weighted by Gasteiger charge is 2.38. The number of hydrogen-bond acceptors (Lipinski definition) is 2. The first-order chi connectivity index (χ1) is 10.0. The molecule has 0 amide bonds. The Kier molecular flexibility index (Phi) is 5.33. The fourth-order valence-corrected chi connectivity index (χ4v) is 3.28. The molecular weight excluding hydrogens is 270 g/mol. The van der Waals surface area contributed by atoms with E-state index in [-0.39, 0.29) is 5.54 Å². The number of halogens is 2. The predicted octanol–water partition coefficient (Wildman–Crippen LogP) is 3.71. The zero-order chi connectivity index (χ0) is 15.5. The van der Waals surface area contributed by atoms with Crippen molar-refractivity contribution in [1.82, 2.24) is 10.2 Å². The fourth-order valence-electron chi connectivity index (χ4n) is 3.28. The Labute approximate surface area is 126 Å². The van der Waals surface area contributed by atoms with E-state index in [1.165, 1.54) is 6.07 Å². The molecule has 1 saturated heterocycles. The first-order valence-electron chi connectivity index (χ1n) is 7.97. The van der Waals surface area contributed by atoms with Crippen LogP contribution in [0, 0.1) is 11.6 Å². The van der Waals surface area contributed by atoms with Gasteiger partial charge in [-0.2, -0.15) is 0 Å². The normalized spacial score (nSPS) is 22.4. The summed E-state index contributed by atoms with van der Waals surface area (Å²) in [5.41, 5.74) is 0.645. The molecule has 0 saturated carbocycles. The summed E-state index contributed by atoms with van der Waals surface area (Å²) in [4.78, 5) is 2.38. The van der Waals surface area contributed by atoms with Crippen LogP contribution in [-0.4, -0.2) is 29.6 Å². The van der Waals surface area contributed by atoms with Crippen molar-refractivity contribution in [3.63, 3.8) is 0 Å². The number of piperazine rings is 1. The summed E-state index contributed by atoms with van der Waals surface area (Å²) in [7, 11) is 0. The van der Waals surface area contributed by atoms with E-state index in [1.54, 1.807) is 6.07 Å². The molecule has 0 aliphatic carbocycles. The lowest BCUT2D eigenvalue weighted by atomic mass is 9.86. The van der Waals surface area contributed by atoms with Crippen molar-refractivity contribution >= 4 is 0 Å². The van der Waals surface area contributed by atoms with Crippen LogP contribution in [0.1, 0.15) is 45.6 Å². The van der Waals surface area contributed by atoms with Crippen LogP contribution in [0.5, 0.6) is 0 Å². The van der Waals surface area contributed by atoms with Crippen LogP contribution in [0.2, 0.25) is 0 Å². The average molecular weight is 296 g/mol. The van der Waals surface area contributed by atoms with Gasteiger partial charge in [0.2, 0.25) is 0 Å². The van der Waals surface area contributed by atoms with E-state index in [4.69, 9.17) is 0 Å². The largest absolute Gasteiger partial charge is 0.311 e. The molecule has 1 aliphatic rings. The molecule has 1 N–H and O–H groups in total. The van der Waals surface area contributed by atoms with Crippen LogP contribution >= 0.6 is 0 Å². The first kappa shape index (κ1) is 16.4. The van der Waals surface area contributed by atoms with Crippen LogP contribution in [0.25, 0.3) is 0 Å². The highest BCUT2D eigenvalue weighted by atomic mass is 19.1. The van der Waals surface area contributed by atoms with Crippen LogP contribution in [0.4, 0.5) is 8.78 Å². The molecule has 0 aromatic heterocycles. The Morgan fingerprint density at radius 3 is 2.52 bits per heavy atom. The summed E-state index contributed by atoms with van der Waals surface area (Å²) in [6, 6.07) is 4.34. The molecule has 2 rings (SSSR count). The van der Waals surface area contributed by atoms with E-state index in [9.17, 15) is 8.78 Å². The number of benzene rings is 1. The van der Waals surface area contributed by atoms with E-state index in [1.807, 2.05) is 0 Å². The van der Waals surface area contributed by atoms with Gasteiger partial charge in [0.25, 0.3) is 0 Å². The van der Waals surface area contributed by atoms with Gasteiger partial charge in [-0.15, -0.1) is 0 Å². The summed E-state index contributed by atoms with van der Waals surface area (Å²) in [6.45, 7) is 8.93. The van der Waals surface area contributed by atoms with E-state index < -0.39 is 11.6 Å². The zero-order valence-electron chi connectivity index (χ0n) is 13.3. The topological polar surface area (TPSA) is 15.3 Å². The molecule has 1 aromatic carbocycles. The van der Waals surface area contributed by atoms with Crippen molar-refractivity contribution in [3.8, 4) is 0 Å². The molecule has 21 heavy (non-hydrogen) atoms. The minimum atomic E-state index is -0.514. The maximum Gasteiger partial charge on any atom is 0.130 e. The van der Waals surface area contributed by atoms with Gasteiger partial charge in [-0.1, -0.05) is 26.8 Å². The second-order valence-electron chi connectivity index (χ2n) is 6.03. The van der Waals surface area contributed by atoms with Gasteiger partial charge in [0.05, 0.1) is 0 Å². The molecule has 4 heteroatoms. The number of nitrogens with one attached hydrogen (secondary N) is 1. The second-order valence-corrected chi connectivity index (χ2v) is 6.03. The van der Waals surface area contributed by atoms with Gasteiger partial charge in [0, 0.05) is 42.8 Å². The highest BCUT2D eigenvalue weighted by Crippen LogP contribution is 2.29. The molecule has 2 nitrogen and oxygen atoms in total. The Morgan fingerprint density at radius 2 is 1.95 bits per heavy atom. The molecule has 1 atom stereocenters. The smallest absolute Gasteiger partial charge is 0.130 e. The summed E-state index contributed by atoms with van der Waals surface area (Å²) in [5, 5.41) is 3.61. The molecule has 118 valence electrons. The van der Waals surface area contributed by atoms with Crippen LogP contribution < -0.4 is 5.32 Å². The Balaban J connectivity index is 2.23. The van der Waals surface area contributed by atoms with Crippen molar-refractivity contribution in [1.29, 1.82) is 0 Å². The lowest BCUT2D eigenvalue weighted by Gasteiger charge is -2.49. The summed E-state index contributed by atoms with van der Waals surface area (Å²) in [6.07, 6.45) is 3.11. The predicted molar refractivity (Wildman–Crippen MR) is 82.2 cm³/mol. The van der Waals surface area contributed by atoms with Gasteiger partial charge in [-0.3, -0.25) is 4.90 Å². The van der Waals surface area contributed by atoms with E-state index in [0.717, 1.165) is 38.4 Å². The molecule has 0 radical (unpaired) electrons.